The Morgan fingerprint density at radius 1 is 1.37 bits per heavy atom. The average Bonchev–Trinajstić information content (AvgIpc) is 2.36. The molecular formula is C11H17F3N4S. The van der Waals surface area contributed by atoms with E-state index in [1.165, 1.54) is 7.05 Å². The number of hydrogen-bond donors (Lipinski definition) is 2. The molecule has 19 heavy (non-hydrogen) atoms. The molecule has 1 atom stereocenters. The highest BCUT2D eigenvalue weighted by Gasteiger charge is 2.33. The highest BCUT2D eigenvalue weighted by atomic mass is 32.2. The molecule has 0 fully saturated rings. The molecule has 0 amide bonds. The van der Waals surface area contributed by atoms with Gasteiger partial charge < -0.3 is 10.6 Å². The van der Waals surface area contributed by atoms with Gasteiger partial charge in [-0.2, -0.15) is 29.9 Å². The molecule has 0 aliphatic heterocycles. The van der Waals surface area contributed by atoms with E-state index in [0.717, 1.165) is 18.2 Å². The first-order valence-corrected chi connectivity index (χ1v) is 7.19. The van der Waals surface area contributed by atoms with E-state index < -0.39 is 11.9 Å². The molecule has 0 aliphatic carbocycles. The van der Waals surface area contributed by atoms with Gasteiger partial charge in [-0.25, -0.2) is 4.98 Å². The zero-order valence-electron chi connectivity index (χ0n) is 11.0. The lowest BCUT2D eigenvalue weighted by Crippen LogP contribution is -2.23. The van der Waals surface area contributed by atoms with Gasteiger partial charge in [-0.3, -0.25) is 0 Å². The number of hydrogen-bond acceptors (Lipinski definition) is 5. The lowest BCUT2D eigenvalue weighted by Gasteiger charge is -2.18. The maximum absolute atomic E-state index is 12.7. The van der Waals surface area contributed by atoms with E-state index in [1.807, 2.05) is 13.2 Å². The van der Waals surface area contributed by atoms with Crippen LogP contribution in [0.3, 0.4) is 0 Å². The van der Waals surface area contributed by atoms with Gasteiger partial charge in [0.1, 0.15) is 5.82 Å². The predicted octanol–water partition coefficient (Wildman–Crippen LogP) is 3.09. The second-order valence-corrected chi connectivity index (χ2v) is 4.83. The van der Waals surface area contributed by atoms with Crippen LogP contribution < -0.4 is 10.6 Å². The van der Waals surface area contributed by atoms with Gasteiger partial charge in [0.15, 0.2) is 5.69 Å². The van der Waals surface area contributed by atoms with Crippen LogP contribution >= 0.6 is 11.8 Å². The van der Waals surface area contributed by atoms with Crippen molar-refractivity contribution in [2.45, 2.75) is 25.6 Å². The summed E-state index contributed by atoms with van der Waals surface area (Å²) in [5.41, 5.74) is -0.951. The van der Waals surface area contributed by atoms with Gasteiger partial charge in [0.2, 0.25) is 5.95 Å². The van der Waals surface area contributed by atoms with Crippen molar-refractivity contribution in [3.8, 4) is 0 Å². The zero-order valence-corrected chi connectivity index (χ0v) is 11.8. The van der Waals surface area contributed by atoms with Crippen molar-refractivity contribution in [1.29, 1.82) is 0 Å². The fourth-order valence-electron chi connectivity index (χ4n) is 1.45. The Bertz CT molecular complexity index is 411. The molecule has 1 rings (SSSR count). The summed E-state index contributed by atoms with van der Waals surface area (Å²) < 4.78 is 38.1. The van der Waals surface area contributed by atoms with Gasteiger partial charge in [-0.05, 0) is 12.7 Å². The predicted molar refractivity (Wildman–Crippen MR) is 72.7 cm³/mol. The van der Waals surface area contributed by atoms with Crippen molar-refractivity contribution in [1.82, 2.24) is 9.97 Å². The van der Waals surface area contributed by atoms with Crippen LogP contribution in [0.5, 0.6) is 0 Å². The van der Waals surface area contributed by atoms with Crippen LogP contribution in [0.25, 0.3) is 0 Å². The lowest BCUT2D eigenvalue weighted by atomic mass is 10.2. The molecular weight excluding hydrogens is 277 g/mol. The smallest absolute Gasteiger partial charge is 0.366 e. The maximum Gasteiger partial charge on any atom is 0.433 e. The molecule has 1 aromatic rings. The van der Waals surface area contributed by atoms with Crippen LogP contribution in [0.1, 0.15) is 19.0 Å². The number of rotatable bonds is 6. The van der Waals surface area contributed by atoms with Gasteiger partial charge >= 0.3 is 6.18 Å². The molecule has 0 radical (unpaired) electrons. The van der Waals surface area contributed by atoms with E-state index in [1.54, 1.807) is 11.8 Å². The van der Waals surface area contributed by atoms with Gasteiger partial charge in [0.05, 0.1) is 0 Å². The largest absolute Gasteiger partial charge is 0.433 e. The first-order valence-electron chi connectivity index (χ1n) is 5.80. The van der Waals surface area contributed by atoms with Gasteiger partial charge in [-0.1, -0.05) is 6.92 Å². The van der Waals surface area contributed by atoms with Crippen molar-refractivity contribution in [2.24, 2.45) is 0 Å². The third-order valence-corrected chi connectivity index (χ3v) is 3.19. The number of nitrogens with zero attached hydrogens (tertiary/aromatic N) is 2. The summed E-state index contributed by atoms with van der Waals surface area (Å²) in [4.78, 5) is 7.40. The van der Waals surface area contributed by atoms with Crippen LogP contribution in [0.2, 0.25) is 0 Å². The minimum atomic E-state index is -4.48. The van der Waals surface area contributed by atoms with E-state index in [9.17, 15) is 13.2 Å². The normalized spacial score (nSPS) is 13.2. The Balaban J connectivity index is 3.00. The fraction of sp³-hybridized carbons (Fsp3) is 0.636. The van der Waals surface area contributed by atoms with Gasteiger partial charge in [0.25, 0.3) is 0 Å². The monoisotopic (exact) mass is 294 g/mol. The van der Waals surface area contributed by atoms with Crippen LogP contribution in [0.15, 0.2) is 6.07 Å². The molecule has 1 heterocycles. The van der Waals surface area contributed by atoms with E-state index in [-0.39, 0.29) is 17.8 Å². The second kappa shape index (κ2) is 6.83. The first-order chi connectivity index (χ1) is 8.90. The molecule has 2 N–H and O–H groups in total. The Hall–Kier alpha value is -1.18. The number of nitrogens with one attached hydrogen (secondary N) is 2. The number of aromatic nitrogens is 2. The number of halogens is 3. The van der Waals surface area contributed by atoms with E-state index in [2.05, 4.69) is 20.6 Å². The summed E-state index contributed by atoms with van der Waals surface area (Å²) in [5, 5.41) is 5.54. The molecule has 0 bridgehead atoms. The number of anilines is 2. The summed E-state index contributed by atoms with van der Waals surface area (Å²) >= 11 is 1.63. The maximum atomic E-state index is 12.7. The van der Waals surface area contributed by atoms with Crippen LogP contribution in [-0.4, -0.2) is 35.1 Å². The summed E-state index contributed by atoms with van der Waals surface area (Å²) in [6.07, 6.45) is -1.72. The zero-order chi connectivity index (χ0) is 14.5. The molecule has 0 aromatic carbocycles. The van der Waals surface area contributed by atoms with E-state index in [4.69, 9.17) is 0 Å². The van der Waals surface area contributed by atoms with Crippen LogP contribution in [0.4, 0.5) is 24.9 Å². The summed E-state index contributed by atoms with van der Waals surface area (Å²) in [6.45, 7) is 1.97. The standard InChI is InChI=1S/C11H17F3N4S/c1-4-7(6-19-3)16-9-5-8(11(12,13)14)17-10(15-2)18-9/h5,7H,4,6H2,1-3H3,(H2,15,16,17,18). The van der Waals surface area contributed by atoms with Crippen molar-refractivity contribution >= 4 is 23.5 Å². The topological polar surface area (TPSA) is 49.8 Å². The number of alkyl halides is 3. The second-order valence-electron chi connectivity index (χ2n) is 3.91. The molecule has 0 aliphatic rings. The highest BCUT2D eigenvalue weighted by molar-refractivity contribution is 7.98. The SMILES string of the molecule is CCC(CSC)Nc1cc(C(F)(F)F)nc(NC)n1. The van der Waals surface area contributed by atoms with Crippen molar-refractivity contribution < 1.29 is 13.2 Å². The summed E-state index contributed by atoms with van der Waals surface area (Å²) in [6, 6.07) is 1.01. The average molecular weight is 294 g/mol. The third-order valence-electron chi connectivity index (χ3n) is 2.45. The fourth-order valence-corrected chi connectivity index (χ4v) is 2.17. The number of thioether (sulfide) groups is 1. The van der Waals surface area contributed by atoms with E-state index in [0.29, 0.717) is 0 Å². The molecule has 0 saturated carbocycles. The van der Waals surface area contributed by atoms with Crippen LogP contribution in [0, 0.1) is 0 Å². The third kappa shape index (κ3) is 4.77. The lowest BCUT2D eigenvalue weighted by molar-refractivity contribution is -0.141. The summed E-state index contributed by atoms with van der Waals surface area (Å²) in [7, 11) is 1.48. The van der Waals surface area contributed by atoms with E-state index >= 15 is 0 Å². The van der Waals surface area contributed by atoms with Gasteiger partial charge in [-0.15, -0.1) is 0 Å². The quantitative estimate of drug-likeness (QED) is 0.844. The first kappa shape index (κ1) is 15.9. The Morgan fingerprint density at radius 3 is 2.53 bits per heavy atom. The van der Waals surface area contributed by atoms with Crippen molar-refractivity contribution in [3.63, 3.8) is 0 Å². The molecule has 0 spiro atoms. The Labute approximate surface area is 114 Å². The Morgan fingerprint density at radius 2 is 2.05 bits per heavy atom. The minimum absolute atomic E-state index is 0.0451. The van der Waals surface area contributed by atoms with Gasteiger partial charge in [0, 0.05) is 24.9 Å². The molecule has 108 valence electrons. The highest BCUT2D eigenvalue weighted by Crippen LogP contribution is 2.29. The van der Waals surface area contributed by atoms with Crippen molar-refractivity contribution in [3.05, 3.63) is 11.8 Å². The molecule has 0 saturated heterocycles. The molecule has 1 aromatic heterocycles. The molecule has 1 unspecified atom stereocenters. The van der Waals surface area contributed by atoms with Crippen LogP contribution in [-0.2, 0) is 6.18 Å². The minimum Gasteiger partial charge on any atom is -0.366 e. The van der Waals surface area contributed by atoms with Crippen molar-refractivity contribution in [2.75, 3.05) is 29.7 Å². The molecule has 4 nitrogen and oxygen atoms in total. The molecule has 8 heteroatoms. The Kier molecular flexibility index (Phi) is 5.71. The summed E-state index contributed by atoms with van der Waals surface area (Å²) in [5.74, 6) is 0.945.